The van der Waals surface area contributed by atoms with Gasteiger partial charge in [-0.2, -0.15) is 0 Å². The van der Waals surface area contributed by atoms with Gasteiger partial charge in [0.05, 0.1) is 0 Å². The highest BCUT2D eigenvalue weighted by Gasteiger charge is 1.96. The molecule has 2 rings (SSSR count). The summed E-state index contributed by atoms with van der Waals surface area (Å²) in [5, 5.41) is 17.3. The minimum Gasteiger partial charge on any atom is -0.508 e. The zero-order valence-corrected chi connectivity index (χ0v) is 8.51. The average molecular weight is 222 g/mol. The Morgan fingerprint density at radius 1 is 1.25 bits per heavy atom. The van der Waals surface area contributed by atoms with Crippen LogP contribution in [0, 0.1) is 0 Å². The lowest BCUT2D eigenvalue weighted by Crippen LogP contribution is -1.93. The standard InChI is InChI=1S/C9H6O3.C2H4O2/c10-7-3-1-6-2-4-9(11)12-8(6)5-7;1-2(3)4/h1-5,10H;1H3,(H,3,4). The monoisotopic (exact) mass is 222 g/mol. The van der Waals surface area contributed by atoms with Crippen LogP contribution in [0.15, 0.2) is 39.5 Å². The first-order chi connectivity index (χ1) is 7.49. The summed E-state index contributed by atoms with van der Waals surface area (Å²) in [5.74, 6) is -0.739. The zero-order chi connectivity index (χ0) is 12.1. The van der Waals surface area contributed by atoms with Crippen LogP contribution in [-0.2, 0) is 4.79 Å². The highest BCUT2D eigenvalue weighted by Crippen LogP contribution is 2.17. The molecule has 2 N–H and O–H groups in total. The number of phenolic OH excluding ortho intramolecular Hbond substituents is 1. The van der Waals surface area contributed by atoms with Crippen molar-refractivity contribution in [1.29, 1.82) is 0 Å². The second-order valence-corrected chi connectivity index (χ2v) is 3.00. The quantitative estimate of drug-likeness (QED) is 0.661. The molecule has 0 fully saturated rings. The van der Waals surface area contributed by atoms with E-state index in [2.05, 4.69) is 0 Å². The first-order valence-corrected chi connectivity index (χ1v) is 4.41. The normalized spacial score (nSPS) is 9.31. The molecule has 0 saturated heterocycles. The van der Waals surface area contributed by atoms with E-state index in [0.717, 1.165) is 12.3 Å². The molecule has 0 radical (unpaired) electrons. The Balaban J connectivity index is 0.000000280. The largest absolute Gasteiger partial charge is 0.508 e. The topological polar surface area (TPSA) is 87.7 Å². The highest BCUT2D eigenvalue weighted by atomic mass is 16.4. The molecule has 0 aliphatic carbocycles. The number of rotatable bonds is 0. The smallest absolute Gasteiger partial charge is 0.336 e. The molecule has 1 heterocycles. The molecule has 0 spiro atoms. The van der Waals surface area contributed by atoms with Crippen LogP contribution in [0.4, 0.5) is 0 Å². The third kappa shape index (κ3) is 3.45. The van der Waals surface area contributed by atoms with Gasteiger partial charge in [0.1, 0.15) is 11.3 Å². The summed E-state index contributed by atoms with van der Waals surface area (Å²) in [6.45, 7) is 1.08. The lowest BCUT2D eigenvalue weighted by atomic mass is 10.2. The molecule has 1 aromatic heterocycles. The SMILES string of the molecule is CC(=O)O.O=c1ccc2ccc(O)cc2o1. The van der Waals surface area contributed by atoms with E-state index in [1.54, 1.807) is 18.2 Å². The predicted molar refractivity (Wildman–Crippen MR) is 57.5 cm³/mol. The van der Waals surface area contributed by atoms with Crippen molar-refractivity contribution in [2.45, 2.75) is 6.92 Å². The van der Waals surface area contributed by atoms with E-state index in [9.17, 15) is 4.79 Å². The molecule has 84 valence electrons. The number of hydrogen-bond acceptors (Lipinski definition) is 4. The summed E-state index contributed by atoms with van der Waals surface area (Å²) < 4.78 is 4.83. The van der Waals surface area contributed by atoms with Crippen LogP contribution in [0.1, 0.15) is 6.92 Å². The van der Waals surface area contributed by atoms with Gasteiger partial charge in [0, 0.05) is 24.4 Å². The zero-order valence-electron chi connectivity index (χ0n) is 8.51. The van der Waals surface area contributed by atoms with Crippen molar-refractivity contribution in [2.75, 3.05) is 0 Å². The van der Waals surface area contributed by atoms with Gasteiger partial charge in [-0.05, 0) is 18.2 Å². The van der Waals surface area contributed by atoms with Crippen molar-refractivity contribution in [2.24, 2.45) is 0 Å². The van der Waals surface area contributed by atoms with Crippen LogP contribution < -0.4 is 5.63 Å². The number of carboxylic acid groups (broad SMARTS) is 1. The summed E-state index contributed by atoms with van der Waals surface area (Å²) in [7, 11) is 0. The second kappa shape index (κ2) is 4.97. The number of carbonyl (C=O) groups is 1. The Hall–Kier alpha value is -2.30. The van der Waals surface area contributed by atoms with Crippen LogP contribution in [0.3, 0.4) is 0 Å². The van der Waals surface area contributed by atoms with Crippen molar-refractivity contribution < 1.29 is 19.4 Å². The third-order valence-corrected chi connectivity index (χ3v) is 1.61. The number of hydrogen-bond donors (Lipinski definition) is 2. The Bertz CT molecular complexity index is 552. The Morgan fingerprint density at radius 3 is 2.44 bits per heavy atom. The Morgan fingerprint density at radius 2 is 1.81 bits per heavy atom. The minimum atomic E-state index is -0.833. The van der Waals surface area contributed by atoms with Crippen molar-refractivity contribution in [3.63, 3.8) is 0 Å². The van der Waals surface area contributed by atoms with E-state index in [4.69, 9.17) is 19.4 Å². The van der Waals surface area contributed by atoms with E-state index in [0.29, 0.717) is 5.58 Å². The molecule has 0 amide bonds. The van der Waals surface area contributed by atoms with Gasteiger partial charge in [-0.25, -0.2) is 4.79 Å². The maximum absolute atomic E-state index is 10.7. The van der Waals surface area contributed by atoms with Crippen LogP contribution in [0.25, 0.3) is 11.0 Å². The summed E-state index contributed by atoms with van der Waals surface area (Å²) in [4.78, 5) is 19.7. The van der Waals surface area contributed by atoms with Gasteiger partial charge in [-0.15, -0.1) is 0 Å². The van der Waals surface area contributed by atoms with E-state index < -0.39 is 11.6 Å². The highest BCUT2D eigenvalue weighted by molar-refractivity contribution is 5.77. The maximum atomic E-state index is 10.7. The van der Waals surface area contributed by atoms with Crippen LogP contribution >= 0.6 is 0 Å². The first-order valence-electron chi connectivity index (χ1n) is 4.41. The maximum Gasteiger partial charge on any atom is 0.336 e. The van der Waals surface area contributed by atoms with E-state index in [1.807, 2.05) is 0 Å². The van der Waals surface area contributed by atoms with Crippen molar-refractivity contribution in [3.05, 3.63) is 40.8 Å². The minimum absolute atomic E-state index is 0.0943. The van der Waals surface area contributed by atoms with Gasteiger partial charge in [-0.3, -0.25) is 4.79 Å². The van der Waals surface area contributed by atoms with Crippen molar-refractivity contribution in [3.8, 4) is 5.75 Å². The molecule has 16 heavy (non-hydrogen) atoms. The van der Waals surface area contributed by atoms with E-state index >= 15 is 0 Å². The summed E-state index contributed by atoms with van der Waals surface area (Å²) >= 11 is 0. The van der Waals surface area contributed by atoms with E-state index in [-0.39, 0.29) is 5.75 Å². The van der Waals surface area contributed by atoms with Gasteiger partial charge in [0.2, 0.25) is 0 Å². The molecule has 1 aromatic carbocycles. The van der Waals surface area contributed by atoms with Crippen LogP contribution in [0.5, 0.6) is 5.75 Å². The Kier molecular flexibility index (Phi) is 3.66. The lowest BCUT2D eigenvalue weighted by Gasteiger charge is -1.94. The molecule has 0 saturated carbocycles. The fourth-order valence-electron chi connectivity index (χ4n) is 1.05. The number of carboxylic acids is 1. The van der Waals surface area contributed by atoms with Gasteiger partial charge in [-0.1, -0.05) is 0 Å². The number of benzene rings is 1. The van der Waals surface area contributed by atoms with Crippen LogP contribution in [-0.4, -0.2) is 16.2 Å². The molecule has 0 aliphatic heterocycles. The molecular formula is C11H10O5. The lowest BCUT2D eigenvalue weighted by molar-refractivity contribution is -0.134. The third-order valence-electron chi connectivity index (χ3n) is 1.61. The Labute approximate surface area is 90.6 Å². The fraction of sp³-hybridized carbons (Fsp3) is 0.0909. The number of aromatic hydroxyl groups is 1. The molecule has 5 nitrogen and oxygen atoms in total. The molecular weight excluding hydrogens is 212 g/mol. The molecule has 5 heteroatoms. The van der Waals surface area contributed by atoms with Crippen LogP contribution in [0.2, 0.25) is 0 Å². The van der Waals surface area contributed by atoms with E-state index in [1.165, 1.54) is 12.1 Å². The molecule has 0 atom stereocenters. The number of phenols is 1. The molecule has 0 bridgehead atoms. The molecule has 0 unspecified atom stereocenters. The average Bonchev–Trinajstić information content (AvgIpc) is 2.15. The molecule has 0 aliphatic rings. The number of aliphatic carboxylic acids is 1. The van der Waals surface area contributed by atoms with Gasteiger partial charge in [0.15, 0.2) is 0 Å². The summed E-state index contributed by atoms with van der Waals surface area (Å²) in [6, 6.07) is 7.65. The summed E-state index contributed by atoms with van der Waals surface area (Å²) in [6.07, 6.45) is 0. The number of fused-ring (bicyclic) bond motifs is 1. The van der Waals surface area contributed by atoms with Gasteiger partial charge >= 0.3 is 5.63 Å². The fourth-order valence-corrected chi connectivity index (χ4v) is 1.05. The van der Waals surface area contributed by atoms with Gasteiger partial charge in [0.25, 0.3) is 5.97 Å². The first kappa shape index (κ1) is 11.8. The second-order valence-electron chi connectivity index (χ2n) is 3.00. The van der Waals surface area contributed by atoms with Crippen molar-refractivity contribution in [1.82, 2.24) is 0 Å². The predicted octanol–water partition coefficient (Wildman–Crippen LogP) is 1.59. The van der Waals surface area contributed by atoms with Crippen molar-refractivity contribution >= 4 is 16.9 Å². The molecule has 2 aromatic rings. The summed E-state index contributed by atoms with van der Waals surface area (Å²) in [5.41, 5.74) is -0.00407. The van der Waals surface area contributed by atoms with Gasteiger partial charge < -0.3 is 14.6 Å².